The highest BCUT2D eigenvalue weighted by Crippen LogP contribution is 2.24. The average Bonchev–Trinajstić information content (AvgIpc) is 2.41. The van der Waals surface area contributed by atoms with E-state index in [-0.39, 0.29) is 27.3 Å². The molecule has 7 heteroatoms. The molecule has 0 heterocycles. The third-order valence-corrected chi connectivity index (χ3v) is 4.96. The minimum Gasteiger partial charge on any atom is -0.211 e. The summed E-state index contributed by atoms with van der Waals surface area (Å²) in [7, 11) is -3.75. The maximum absolute atomic E-state index is 13.0. The van der Waals surface area contributed by atoms with Crippen LogP contribution >= 0.6 is 23.2 Å². The highest BCUT2D eigenvalue weighted by Gasteiger charge is 2.17. The van der Waals surface area contributed by atoms with E-state index < -0.39 is 10.0 Å². The second kappa shape index (κ2) is 6.75. The number of hydrogen-bond donors (Lipinski definition) is 1. The van der Waals surface area contributed by atoms with Gasteiger partial charge in [0, 0.05) is 11.6 Å². The predicted molar refractivity (Wildman–Crippen MR) is 81.8 cm³/mol. The molecule has 0 atom stereocenters. The van der Waals surface area contributed by atoms with Crippen LogP contribution < -0.4 is 4.72 Å². The van der Waals surface area contributed by atoms with Crippen LogP contribution in [0.15, 0.2) is 47.4 Å². The topological polar surface area (TPSA) is 46.2 Å². The zero-order valence-corrected chi connectivity index (χ0v) is 13.1. The minimum atomic E-state index is -3.75. The second-order valence-corrected chi connectivity index (χ2v) is 6.93. The molecule has 3 nitrogen and oxygen atoms in total. The van der Waals surface area contributed by atoms with Gasteiger partial charge in [0.15, 0.2) is 0 Å². The summed E-state index contributed by atoms with van der Waals surface area (Å²) in [4.78, 5) is -0.0732. The van der Waals surface area contributed by atoms with Gasteiger partial charge in [0.2, 0.25) is 10.0 Å². The van der Waals surface area contributed by atoms with Crippen molar-refractivity contribution in [2.45, 2.75) is 11.3 Å². The summed E-state index contributed by atoms with van der Waals surface area (Å²) in [5.74, 6) is -0.353. The second-order valence-electron chi connectivity index (χ2n) is 4.35. The van der Waals surface area contributed by atoms with Crippen LogP contribution in [0.3, 0.4) is 0 Å². The summed E-state index contributed by atoms with van der Waals surface area (Å²) in [6, 6.07) is 10.2. The van der Waals surface area contributed by atoms with E-state index in [2.05, 4.69) is 4.72 Å². The molecule has 2 aromatic rings. The molecule has 0 amide bonds. The van der Waals surface area contributed by atoms with Gasteiger partial charge in [-0.05, 0) is 42.3 Å². The van der Waals surface area contributed by atoms with Crippen LogP contribution in [0.4, 0.5) is 4.39 Å². The van der Waals surface area contributed by atoms with E-state index in [9.17, 15) is 12.8 Å². The SMILES string of the molecule is O=S(=O)(NCCc1cccc(F)c1)c1cc(Cl)ccc1Cl. The van der Waals surface area contributed by atoms with E-state index in [1.54, 1.807) is 12.1 Å². The lowest BCUT2D eigenvalue weighted by atomic mass is 10.1. The van der Waals surface area contributed by atoms with Gasteiger partial charge < -0.3 is 0 Å². The molecule has 0 spiro atoms. The van der Waals surface area contributed by atoms with E-state index in [1.165, 1.54) is 30.3 Å². The minimum absolute atomic E-state index is 0.0732. The van der Waals surface area contributed by atoms with Crippen molar-refractivity contribution >= 4 is 33.2 Å². The Morgan fingerprint density at radius 1 is 1.10 bits per heavy atom. The van der Waals surface area contributed by atoms with E-state index in [1.807, 2.05) is 0 Å². The molecule has 0 bridgehead atoms. The number of sulfonamides is 1. The summed E-state index contributed by atoms with van der Waals surface area (Å²) in [5.41, 5.74) is 0.704. The quantitative estimate of drug-likeness (QED) is 0.897. The Morgan fingerprint density at radius 3 is 2.57 bits per heavy atom. The number of rotatable bonds is 5. The number of nitrogens with one attached hydrogen (secondary N) is 1. The molecule has 2 aromatic carbocycles. The fourth-order valence-corrected chi connectivity index (χ4v) is 3.58. The molecule has 0 unspecified atom stereocenters. The van der Waals surface area contributed by atoms with Crippen molar-refractivity contribution < 1.29 is 12.8 Å². The summed E-state index contributed by atoms with van der Waals surface area (Å²) in [6.07, 6.45) is 0.370. The molecular formula is C14H12Cl2FNO2S. The first-order valence-electron chi connectivity index (χ1n) is 6.08. The normalized spacial score (nSPS) is 11.6. The van der Waals surface area contributed by atoms with Crippen molar-refractivity contribution in [1.82, 2.24) is 4.72 Å². The molecule has 0 aromatic heterocycles. The van der Waals surface area contributed by atoms with Gasteiger partial charge >= 0.3 is 0 Å². The van der Waals surface area contributed by atoms with Crippen LogP contribution in [-0.2, 0) is 16.4 Å². The van der Waals surface area contributed by atoms with Gasteiger partial charge in [-0.25, -0.2) is 17.5 Å². The Morgan fingerprint density at radius 2 is 1.86 bits per heavy atom. The summed E-state index contributed by atoms with van der Waals surface area (Å²) >= 11 is 11.6. The summed E-state index contributed by atoms with van der Waals surface area (Å²) in [5, 5.41) is 0.377. The molecule has 0 fully saturated rings. The lowest BCUT2D eigenvalue weighted by Crippen LogP contribution is -2.26. The molecule has 0 aliphatic carbocycles. The van der Waals surface area contributed by atoms with Gasteiger partial charge in [-0.3, -0.25) is 0 Å². The van der Waals surface area contributed by atoms with Crippen molar-refractivity contribution in [3.63, 3.8) is 0 Å². The zero-order valence-electron chi connectivity index (χ0n) is 10.8. The number of hydrogen-bond acceptors (Lipinski definition) is 2. The Kier molecular flexibility index (Phi) is 5.22. The molecule has 0 saturated carbocycles. The highest BCUT2D eigenvalue weighted by atomic mass is 35.5. The van der Waals surface area contributed by atoms with Crippen LogP contribution in [0.2, 0.25) is 10.0 Å². The van der Waals surface area contributed by atoms with Crippen LogP contribution in [0.25, 0.3) is 0 Å². The first-order valence-corrected chi connectivity index (χ1v) is 8.31. The smallest absolute Gasteiger partial charge is 0.211 e. The van der Waals surface area contributed by atoms with Gasteiger partial charge in [0.25, 0.3) is 0 Å². The Bertz CT molecular complexity index is 750. The van der Waals surface area contributed by atoms with Gasteiger partial charge in [0.05, 0.1) is 5.02 Å². The Hall–Kier alpha value is -1.14. The summed E-state index contributed by atoms with van der Waals surface area (Å²) < 4.78 is 39.7. The number of halogens is 3. The lowest BCUT2D eigenvalue weighted by Gasteiger charge is -2.09. The van der Waals surface area contributed by atoms with Crippen molar-refractivity contribution in [2.75, 3.05) is 6.54 Å². The average molecular weight is 348 g/mol. The first kappa shape index (κ1) is 16.2. The fourth-order valence-electron chi connectivity index (χ4n) is 1.78. The van der Waals surface area contributed by atoms with Gasteiger partial charge in [0.1, 0.15) is 10.7 Å². The molecular weight excluding hydrogens is 336 g/mol. The van der Waals surface area contributed by atoms with E-state index in [0.717, 1.165) is 0 Å². The van der Waals surface area contributed by atoms with E-state index >= 15 is 0 Å². The lowest BCUT2D eigenvalue weighted by molar-refractivity contribution is 0.581. The maximum atomic E-state index is 13.0. The van der Waals surface area contributed by atoms with Crippen LogP contribution in [-0.4, -0.2) is 15.0 Å². The highest BCUT2D eigenvalue weighted by molar-refractivity contribution is 7.89. The predicted octanol–water partition coefficient (Wildman–Crippen LogP) is 3.65. The van der Waals surface area contributed by atoms with Crippen LogP contribution in [0.1, 0.15) is 5.56 Å². The molecule has 0 radical (unpaired) electrons. The third kappa shape index (κ3) is 4.41. The number of benzene rings is 2. The standard InChI is InChI=1S/C14H12Cl2FNO2S/c15-11-4-5-13(16)14(9-11)21(19,20)18-7-6-10-2-1-3-12(17)8-10/h1-5,8-9,18H,6-7H2. The monoisotopic (exact) mass is 347 g/mol. The van der Waals surface area contributed by atoms with Gasteiger partial charge in [-0.1, -0.05) is 35.3 Å². The maximum Gasteiger partial charge on any atom is 0.242 e. The molecule has 112 valence electrons. The van der Waals surface area contributed by atoms with Crippen LogP contribution in [0.5, 0.6) is 0 Å². The molecule has 21 heavy (non-hydrogen) atoms. The zero-order chi connectivity index (χ0) is 15.5. The fraction of sp³-hybridized carbons (Fsp3) is 0.143. The van der Waals surface area contributed by atoms with Crippen molar-refractivity contribution in [3.8, 4) is 0 Å². The Balaban J connectivity index is 2.06. The molecule has 1 N–H and O–H groups in total. The largest absolute Gasteiger partial charge is 0.242 e. The van der Waals surface area contributed by atoms with Crippen molar-refractivity contribution in [1.29, 1.82) is 0 Å². The molecule has 0 saturated heterocycles. The Labute approximate surface area is 132 Å². The van der Waals surface area contributed by atoms with Crippen LogP contribution in [0, 0.1) is 5.82 Å². The van der Waals surface area contributed by atoms with Crippen molar-refractivity contribution in [2.24, 2.45) is 0 Å². The van der Waals surface area contributed by atoms with Crippen molar-refractivity contribution in [3.05, 3.63) is 63.9 Å². The summed E-state index contributed by atoms with van der Waals surface area (Å²) in [6.45, 7) is 0.134. The van der Waals surface area contributed by atoms with E-state index in [0.29, 0.717) is 12.0 Å². The van der Waals surface area contributed by atoms with E-state index in [4.69, 9.17) is 23.2 Å². The first-order chi connectivity index (χ1) is 9.88. The molecule has 0 aliphatic heterocycles. The molecule has 0 aliphatic rings. The third-order valence-electron chi connectivity index (χ3n) is 2.78. The van der Waals surface area contributed by atoms with Gasteiger partial charge in [-0.15, -0.1) is 0 Å². The van der Waals surface area contributed by atoms with Gasteiger partial charge in [-0.2, -0.15) is 0 Å². The molecule has 2 rings (SSSR count).